The fourth-order valence-electron chi connectivity index (χ4n) is 1.67. The zero-order valence-electron chi connectivity index (χ0n) is 14.2. The van der Waals surface area contributed by atoms with E-state index in [1.165, 1.54) is 0 Å². The van der Waals surface area contributed by atoms with Crippen molar-refractivity contribution >= 4 is 22.0 Å². The van der Waals surface area contributed by atoms with E-state index in [4.69, 9.17) is 14.2 Å². The molecule has 0 saturated carbocycles. The van der Waals surface area contributed by atoms with Gasteiger partial charge in [-0.1, -0.05) is 34.1 Å². The maximum Gasteiger partial charge on any atom is 0.407 e. The molecule has 0 bridgehead atoms. The molecule has 0 aliphatic heterocycles. The third-order valence-corrected chi connectivity index (χ3v) is 4.02. The third-order valence-electron chi connectivity index (χ3n) is 2.83. The van der Waals surface area contributed by atoms with Crippen LogP contribution in [0.3, 0.4) is 0 Å². The molecule has 0 spiro atoms. The zero-order chi connectivity index (χ0) is 17.3. The molecule has 130 valence electrons. The molecule has 1 aromatic carbocycles. The minimum Gasteiger partial charge on any atom is -0.491 e. The van der Waals surface area contributed by atoms with Gasteiger partial charge in [-0.05, 0) is 39.8 Å². The van der Waals surface area contributed by atoms with Crippen LogP contribution in [0.1, 0.15) is 27.7 Å². The maximum absolute atomic E-state index is 11.7. The number of nitrogens with one attached hydrogen (secondary N) is 1. The highest BCUT2D eigenvalue weighted by atomic mass is 79.9. The van der Waals surface area contributed by atoms with E-state index in [9.17, 15) is 4.79 Å². The average Bonchev–Trinajstić information content (AvgIpc) is 2.49. The van der Waals surface area contributed by atoms with Gasteiger partial charge in [-0.25, -0.2) is 4.79 Å². The lowest BCUT2D eigenvalue weighted by atomic mass is 10.1. The van der Waals surface area contributed by atoms with Gasteiger partial charge < -0.3 is 19.5 Å². The monoisotopic (exact) mass is 387 g/mol. The largest absolute Gasteiger partial charge is 0.491 e. The molecule has 0 aliphatic carbocycles. The molecule has 0 radical (unpaired) electrons. The van der Waals surface area contributed by atoms with Gasteiger partial charge in [-0.15, -0.1) is 0 Å². The second-order valence-corrected chi connectivity index (χ2v) is 7.01. The van der Waals surface area contributed by atoms with Gasteiger partial charge in [0.1, 0.15) is 18.0 Å². The molecule has 1 rings (SSSR count). The topological polar surface area (TPSA) is 56.8 Å². The van der Waals surface area contributed by atoms with Crippen molar-refractivity contribution in [2.24, 2.45) is 0 Å². The van der Waals surface area contributed by atoms with Crippen molar-refractivity contribution in [3.05, 3.63) is 30.3 Å². The number of alkyl carbamates (subject to hydrolysis) is 1. The van der Waals surface area contributed by atoms with Gasteiger partial charge in [0.15, 0.2) is 0 Å². The van der Waals surface area contributed by atoms with Crippen LogP contribution in [0, 0.1) is 0 Å². The summed E-state index contributed by atoms with van der Waals surface area (Å²) in [5, 5.41) is 3.32. The smallest absolute Gasteiger partial charge is 0.407 e. The molecular weight excluding hydrogens is 362 g/mol. The van der Waals surface area contributed by atoms with E-state index < -0.39 is 17.3 Å². The first-order chi connectivity index (χ1) is 10.7. The number of ether oxygens (including phenoxy) is 3. The fourth-order valence-corrected chi connectivity index (χ4v) is 2.03. The van der Waals surface area contributed by atoms with E-state index in [1.807, 2.05) is 58.0 Å². The lowest BCUT2D eigenvalue weighted by Gasteiger charge is -2.29. The van der Waals surface area contributed by atoms with Crippen molar-refractivity contribution in [1.29, 1.82) is 0 Å². The summed E-state index contributed by atoms with van der Waals surface area (Å²) in [5.41, 5.74) is -1.05. The van der Waals surface area contributed by atoms with E-state index in [-0.39, 0.29) is 0 Å². The molecule has 0 heterocycles. The van der Waals surface area contributed by atoms with Crippen LogP contribution in [-0.2, 0) is 9.47 Å². The van der Waals surface area contributed by atoms with Crippen molar-refractivity contribution in [3.8, 4) is 5.75 Å². The SMILES string of the molecule is CC(C)(C)OC(=O)NCC(C)(CBr)OCCOc1ccccc1. The number of alkyl halides is 1. The number of carbonyl (C=O) groups excluding carboxylic acids is 1. The van der Waals surface area contributed by atoms with Crippen molar-refractivity contribution in [3.63, 3.8) is 0 Å². The summed E-state index contributed by atoms with van der Waals surface area (Å²) in [6, 6.07) is 9.57. The summed E-state index contributed by atoms with van der Waals surface area (Å²) in [6.07, 6.45) is -0.450. The van der Waals surface area contributed by atoms with Crippen LogP contribution in [0.5, 0.6) is 5.75 Å². The van der Waals surface area contributed by atoms with E-state index >= 15 is 0 Å². The second kappa shape index (κ2) is 9.13. The van der Waals surface area contributed by atoms with Gasteiger partial charge in [0.2, 0.25) is 0 Å². The molecule has 0 fully saturated rings. The number of carbonyl (C=O) groups is 1. The first-order valence-corrected chi connectivity index (χ1v) is 8.71. The van der Waals surface area contributed by atoms with E-state index in [2.05, 4.69) is 21.2 Å². The Morgan fingerprint density at radius 2 is 1.78 bits per heavy atom. The van der Waals surface area contributed by atoms with Gasteiger partial charge >= 0.3 is 6.09 Å². The molecule has 0 aliphatic rings. The molecule has 23 heavy (non-hydrogen) atoms. The highest BCUT2D eigenvalue weighted by Gasteiger charge is 2.26. The standard InChI is InChI=1S/C17H26BrNO4/c1-16(2,3)23-15(20)19-13-17(4,12-18)22-11-10-21-14-8-6-5-7-9-14/h5-9H,10-13H2,1-4H3,(H,19,20). The van der Waals surface area contributed by atoms with Gasteiger partial charge in [0.05, 0.1) is 18.8 Å². The molecule has 1 N–H and O–H groups in total. The van der Waals surface area contributed by atoms with Crippen LogP contribution in [0.2, 0.25) is 0 Å². The quantitative estimate of drug-likeness (QED) is 0.544. The number of halogens is 1. The molecule has 5 nitrogen and oxygen atoms in total. The minimum atomic E-state index is -0.531. The van der Waals surface area contributed by atoms with Crippen LogP contribution < -0.4 is 10.1 Å². The summed E-state index contributed by atoms with van der Waals surface area (Å²) in [5.74, 6) is 0.809. The summed E-state index contributed by atoms with van der Waals surface area (Å²) < 4.78 is 16.6. The van der Waals surface area contributed by atoms with Crippen molar-refractivity contribution in [1.82, 2.24) is 5.32 Å². The molecule has 1 atom stereocenters. The Morgan fingerprint density at radius 3 is 2.35 bits per heavy atom. The minimum absolute atomic E-state index is 0.346. The molecule has 1 unspecified atom stereocenters. The first kappa shape index (κ1) is 19.8. The zero-order valence-corrected chi connectivity index (χ0v) is 15.8. The Kier molecular flexibility index (Phi) is 7.85. The van der Waals surface area contributed by atoms with Gasteiger partial charge in [-0.2, -0.15) is 0 Å². The summed E-state index contributed by atoms with van der Waals surface area (Å²) >= 11 is 3.42. The molecular formula is C17H26BrNO4. The average molecular weight is 388 g/mol. The van der Waals surface area contributed by atoms with E-state index in [1.54, 1.807) is 0 Å². The Hall–Kier alpha value is -1.27. The predicted molar refractivity (Wildman–Crippen MR) is 94.3 cm³/mol. The highest BCUT2D eigenvalue weighted by Crippen LogP contribution is 2.14. The normalized spacial score (nSPS) is 14.0. The van der Waals surface area contributed by atoms with E-state index in [0.717, 1.165) is 5.75 Å². The Morgan fingerprint density at radius 1 is 1.13 bits per heavy atom. The highest BCUT2D eigenvalue weighted by molar-refractivity contribution is 9.09. The maximum atomic E-state index is 11.7. The van der Waals surface area contributed by atoms with Crippen LogP contribution in [0.4, 0.5) is 4.79 Å². The summed E-state index contributed by atoms with van der Waals surface area (Å²) in [6.45, 7) is 8.61. The number of rotatable bonds is 8. The van der Waals surface area contributed by atoms with E-state index in [0.29, 0.717) is 25.1 Å². The summed E-state index contributed by atoms with van der Waals surface area (Å²) in [4.78, 5) is 11.7. The fraction of sp³-hybridized carbons (Fsp3) is 0.588. The van der Waals surface area contributed by atoms with Gasteiger partial charge in [0.25, 0.3) is 0 Å². The molecule has 0 aromatic heterocycles. The van der Waals surface area contributed by atoms with Crippen molar-refractivity contribution < 1.29 is 19.0 Å². The van der Waals surface area contributed by atoms with Crippen LogP contribution in [0.25, 0.3) is 0 Å². The number of benzene rings is 1. The van der Waals surface area contributed by atoms with Crippen LogP contribution in [0.15, 0.2) is 30.3 Å². The Labute approximate surface area is 146 Å². The van der Waals surface area contributed by atoms with Crippen LogP contribution in [-0.4, -0.2) is 42.4 Å². The number of hydrogen-bond donors (Lipinski definition) is 1. The summed E-state index contributed by atoms with van der Waals surface area (Å²) in [7, 11) is 0. The lowest BCUT2D eigenvalue weighted by molar-refractivity contribution is -0.0262. The first-order valence-electron chi connectivity index (χ1n) is 7.59. The Balaban J connectivity index is 2.31. The molecule has 6 heteroatoms. The number of para-hydroxylation sites is 1. The molecule has 0 saturated heterocycles. The van der Waals surface area contributed by atoms with Crippen molar-refractivity contribution in [2.45, 2.75) is 38.9 Å². The molecule has 1 amide bonds. The number of hydrogen-bond acceptors (Lipinski definition) is 4. The molecule has 1 aromatic rings. The second-order valence-electron chi connectivity index (χ2n) is 6.45. The number of amides is 1. The van der Waals surface area contributed by atoms with Gasteiger partial charge in [0, 0.05) is 5.33 Å². The predicted octanol–water partition coefficient (Wildman–Crippen LogP) is 3.76. The van der Waals surface area contributed by atoms with Gasteiger partial charge in [-0.3, -0.25) is 0 Å². The van der Waals surface area contributed by atoms with Crippen LogP contribution >= 0.6 is 15.9 Å². The lowest BCUT2D eigenvalue weighted by Crippen LogP contribution is -2.46. The third kappa shape index (κ3) is 8.81. The Bertz CT molecular complexity index is 475. The van der Waals surface area contributed by atoms with Crippen molar-refractivity contribution in [2.75, 3.05) is 25.1 Å².